The van der Waals surface area contributed by atoms with Crippen LogP contribution in [0.25, 0.3) is 0 Å². The highest BCUT2D eigenvalue weighted by atomic mass is 16.5. The minimum Gasteiger partial charge on any atom is -0.394 e. The van der Waals surface area contributed by atoms with Crippen LogP contribution in [0.4, 0.5) is 0 Å². The molecule has 6 heteroatoms. The molecule has 28 heavy (non-hydrogen) atoms. The lowest BCUT2D eigenvalue weighted by molar-refractivity contribution is -0.128. The van der Waals surface area contributed by atoms with Crippen LogP contribution in [0.15, 0.2) is 11.6 Å². The molecule has 5 atom stereocenters. The van der Waals surface area contributed by atoms with Crippen molar-refractivity contribution in [2.24, 2.45) is 11.8 Å². The third-order valence-corrected chi connectivity index (χ3v) is 5.12. The SMILES string of the molecule is C/C(=C\CCOC[C@H](O)[C@H](O)[C@@H](O)[C@@H](O)CO)CCCC(C)CCCC(C)C. The number of allylic oxidation sites excluding steroid dienone is 1. The average molecular weight is 405 g/mol. The summed E-state index contributed by atoms with van der Waals surface area (Å²) in [5, 5.41) is 47.0. The van der Waals surface area contributed by atoms with Crippen LogP contribution in [0.1, 0.15) is 72.6 Å². The molecule has 0 rings (SSSR count). The van der Waals surface area contributed by atoms with Gasteiger partial charge in [0.25, 0.3) is 0 Å². The molecule has 1 unspecified atom stereocenters. The van der Waals surface area contributed by atoms with E-state index in [4.69, 9.17) is 9.84 Å². The second-order valence-electron chi connectivity index (χ2n) is 8.53. The molecule has 5 N–H and O–H groups in total. The fourth-order valence-corrected chi connectivity index (χ4v) is 3.10. The molecule has 0 aliphatic rings. The van der Waals surface area contributed by atoms with Gasteiger partial charge < -0.3 is 30.3 Å². The Morgan fingerprint density at radius 3 is 2.11 bits per heavy atom. The number of aliphatic hydroxyl groups is 5. The highest BCUT2D eigenvalue weighted by Gasteiger charge is 2.29. The molecule has 168 valence electrons. The van der Waals surface area contributed by atoms with Crippen molar-refractivity contribution in [3.63, 3.8) is 0 Å². The van der Waals surface area contributed by atoms with Crippen molar-refractivity contribution >= 4 is 0 Å². The molecule has 0 heterocycles. The van der Waals surface area contributed by atoms with E-state index in [1.54, 1.807) is 0 Å². The van der Waals surface area contributed by atoms with Gasteiger partial charge in [-0.2, -0.15) is 0 Å². The molecule has 0 aromatic carbocycles. The number of hydrogen-bond acceptors (Lipinski definition) is 6. The van der Waals surface area contributed by atoms with Crippen molar-refractivity contribution in [3.05, 3.63) is 11.6 Å². The summed E-state index contributed by atoms with van der Waals surface area (Å²) in [6.45, 7) is 8.58. The van der Waals surface area contributed by atoms with Gasteiger partial charge in [0.1, 0.15) is 24.4 Å². The largest absolute Gasteiger partial charge is 0.394 e. The van der Waals surface area contributed by atoms with Gasteiger partial charge >= 0.3 is 0 Å². The van der Waals surface area contributed by atoms with Crippen LogP contribution in [-0.2, 0) is 4.74 Å². The molecule has 0 radical (unpaired) electrons. The van der Waals surface area contributed by atoms with E-state index in [0.717, 1.165) is 24.7 Å². The van der Waals surface area contributed by atoms with Crippen molar-refractivity contribution in [2.75, 3.05) is 19.8 Å². The van der Waals surface area contributed by atoms with Gasteiger partial charge in [0, 0.05) is 0 Å². The standard InChI is InChI=1S/C22H44O6/c1-16(2)8-5-9-17(3)10-6-11-18(4)12-7-13-28-15-20(25)22(27)21(26)19(24)14-23/h12,16-17,19-27H,5-11,13-15H2,1-4H3/b18-12+/t17?,19-,20-,21-,22-/m0/s1. The molecule has 0 fully saturated rings. The lowest BCUT2D eigenvalue weighted by atomic mass is 9.94. The Morgan fingerprint density at radius 1 is 0.893 bits per heavy atom. The second kappa shape index (κ2) is 16.3. The summed E-state index contributed by atoms with van der Waals surface area (Å²) < 4.78 is 5.33. The molecule has 0 aliphatic carbocycles. The van der Waals surface area contributed by atoms with Crippen LogP contribution in [0.2, 0.25) is 0 Å². The summed E-state index contributed by atoms with van der Waals surface area (Å²) in [6.07, 6.45) is 4.35. The van der Waals surface area contributed by atoms with Crippen LogP contribution >= 0.6 is 0 Å². The Bertz CT molecular complexity index is 398. The molecular formula is C22H44O6. The third-order valence-electron chi connectivity index (χ3n) is 5.12. The number of aliphatic hydroxyl groups excluding tert-OH is 5. The van der Waals surface area contributed by atoms with Gasteiger partial charge in [-0.05, 0) is 38.0 Å². The van der Waals surface area contributed by atoms with Gasteiger partial charge in [0.05, 0.1) is 19.8 Å². The van der Waals surface area contributed by atoms with E-state index >= 15 is 0 Å². The average Bonchev–Trinajstić information content (AvgIpc) is 2.65. The fraction of sp³-hybridized carbons (Fsp3) is 0.909. The maximum Gasteiger partial charge on any atom is 0.111 e. The lowest BCUT2D eigenvalue weighted by Gasteiger charge is -2.25. The molecule has 0 saturated heterocycles. The first-order chi connectivity index (χ1) is 13.2. The first-order valence-electron chi connectivity index (χ1n) is 10.8. The second-order valence-corrected chi connectivity index (χ2v) is 8.53. The molecule has 0 saturated carbocycles. The third kappa shape index (κ3) is 13.6. The Hall–Kier alpha value is -0.500. The van der Waals surface area contributed by atoms with Gasteiger partial charge in [0.15, 0.2) is 0 Å². The van der Waals surface area contributed by atoms with Crippen LogP contribution in [0.5, 0.6) is 0 Å². The highest BCUT2D eigenvalue weighted by Crippen LogP contribution is 2.19. The van der Waals surface area contributed by atoms with E-state index < -0.39 is 31.0 Å². The minimum absolute atomic E-state index is 0.142. The van der Waals surface area contributed by atoms with Crippen molar-refractivity contribution in [1.82, 2.24) is 0 Å². The number of rotatable bonds is 17. The van der Waals surface area contributed by atoms with Crippen LogP contribution < -0.4 is 0 Å². The van der Waals surface area contributed by atoms with Gasteiger partial charge in [-0.15, -0.1) is 0 Å². The van der Waals surface area contributed by atoms with Crippen molar-refractivity contribution in [2.45, 2.75) is 97.1 Å². The smallest absolute Gasteiger partial charge is 0.111 e. The van der Waals surface area contributed by atoms with Crippen LogP contribution in [0.3, 0.4) is 0 Å². The van der Waals surface area contributed by atoms with E-state index in [1.165, 1.54) is 37.7 Å². The fourth-order valence-electron chi connectivity index (χ4n) is 3.10. The summed E-state index contributed by atoms with van der Waals surface area (Å²) in [6, 6.07) is 0. The number of ether oxygens (including phenoxy) is 1. The van der Waals surface area contributed by atoms with E-state index in [9.17, 15) is 20.4 Å². The maximum absolute atomic E-state index is 9.76. The van der Waals surface area contributed by atoms with Crippen molar-refractivity contribution in [3.8, 4) is 0 Å². The number of hydrogen-bond donors (Lipinski definition) is 5. The molecular weight excluding hydrogens is 360 g/mol. The molecule has 6 nitrogen and oxygen atoms in total. The molecule has 0 aromatic rings. The van der Waals surface area contributed by atoms with E-state index in [-0.39, 0.29) is 6.61 Å². The predicted octanol–water partition coefficient (Wildman–Crippen LogP) is 2.41. The summed E-state index contributed by atoms with van der Waals surface area (Å²) in [7, 11) is 0. The van der Waals surface area contributed by atoms with Crippen molar-refractivity contribution in [1.29, 1.82) is 0 Å². The maximum atomic E-state index is 9.76. The lowest BCUT2D eigenvalue weighted by Crippen LogP contribution is -2.47. The summed E-state index contributed by atoms with van der Waals surface area (Å²) in [5.74, 6) is 1.57. The Morgan fingerprint density at radius 2 is 1.50 bits per heavy atom. The van der Waals surface area contributed by atoms with Gasteiger partial charge in [0.2, 0.25) is 0 Å². The quantitative estimate of drug-likeness (QED) is 0.188. The molecule has 0 spiro atoms. The summed E-state index contributed by atoms with van der Waals surface area (Å²) >= 11 is 0. The predicted molar refractivity (Wildman–Crippen MR) is 112 cm³/mol. The molecule has 0 aromatic heterocycles. The Balaban J connectivity index is 3.83. The first kappa shape index (κ1) is 27.5. The normalized spacial score (nSPS) is 18.1. The molecule has 0 amide bonds. The molecule has 0 bridgehead atoms. The van der Waals surface area contributed by atoms with E-state index in [2.05, 4.69) is 33.8 Å². The Kier molecular flexibility index (Phi) is 16.0. The zero-order valence-electron chi connectivity index (χ0n) is 18.3. The van der Waals surface area contributed by atoms with Gasteiger partial charge in [-0.3, -0.25) is 0 Å². The highest BCUT2D eigenvalue weighted by molar-refractivity contribution is 4.97. The van der Waals surface area contributed by atoms with Crippen molar-refractivity contribution < 1.29 is 30.3 Å². The zero-order chi connectivity index (χ0) is 21.5. The molecule has 0 aliphatic heterocycles. The summed E-state index contributed by atoms with van der Waals surface area (Å²) in [4.78, 5) is 0. The Labute approximate surface area is 171 Å². The van der Waals surface area contributed by atoms with Gasteiger partial charge in [-0.25, -0.2) is 0 Å². The first-order valence-corrected chi connectivity index (χ1v) is 10.8. The van der Waals surface area contributed by atoms with Gasteiger partial charge in [-0.1, -0.05) is 58.1 Å². The minimum atomic E-state index is -1.61. The topological polar surface area (TPSA) is 110 Å². The van der Waals surface area contributed by atoms with Crippen LogP contribution in [-0.4, -0.2) is 69.8 Å². The summed E-state index contributed by atoms with van der Waals surface area (Å²) in [5.41, 5.74) is 1.33. The van der Waals surface area contributed by atoms with E-state index in [0.29, 0.717) is 6.61 Å². The van der Waals surface area contributed by atoms with Crippen LogP contribution in [0, 0.1) is 11.8 Å². The monoisotopic (exact) mass is 404 g/mol. The van der Waals surface area contributed by atoms with E-state index in [1.807, 2.05) is 0 Å². The zero-order valence-corrected chi connectivity index (χ0v) is 18.3.